The molecule has 0 spiro atoms. The van der Waals surface area contributed by atoms with Crippen LogP contribution in [0.2, 0.25) is 0 Å². The normalized spacial score (nSPS) is 10.5. The van der Waals surface area contributed by atoms with Crippen molar-refractivity contribution in [3.05, 3.63) is 46.7 Å². The Kier molecular flexibility index (Phi) is 5.68. The number of benzene rings is 1. The summed E-state index contributed by atoms with van der Waals surface area (Å²) in [6.07, 6.45) is 4.89. The predicted octanol–water partition coefficient (Wildman–Crippen LogP) is 2.88. The first-order chi connectivity index (χ1) is 10.6. The number of rotatable bonds is 4. The molecular formula is C14H13BrN4O2S. The number of nitrogens with one attached hydrogen (secondary N) is 2. The van der Waals surface area contributed by atoms with Crippen LogP contribution in [0.15, 0.2) is 46.2 Å². The number of hydrazone groups is 1. The van der Waals surface area contributed by atoms with Gasteiger partial charge in [0.25, 0.3) is 0 Å². The van der Waals surface area contributed by atoms with Gasteiger partial charge < -0.3 is 15.2 Å². The number of hydrogen-bond donors (Lipinski definition) is 3. The lowest BCUT2D eigenvalue weighted by Gasteiger charge is -2.07. The number of hydrogen-bond acceptors (Lipinski definition) is 5. The highest BCUT2D eigenvalue weighted by atomic mass is 79.9. The number of anilines is 1. The Morgan fingerprint density at radius 2 is 2.32 bits per heavy atom. The Morgan fingerprint density at radius 1 is 1.50 bits per heavy atom. The van der Waals surface area contributed by atoms with Crippen LogP contribution in [0.25, 0.3) is 0 Å². The van der Waals surface area contributed by atoms with Gasteiger partial charge in [-0.1, -0.05) is 0 Å². The second kappa shape index (κ2) is 7.71. The molecule has 1 aromatic heterocycles. The van der Waals surface area contributed by atoms with Gasteiger partial charge in [-0.15, -0.1) is 0 Å². The molecule has 2 aromatic rings. The topological polar surface area (TPSA) is 78.8 Å². The summed E-state index contributed by atoms with van der Waals surface area (Å²) in [4.78, 5) is 3.97. The summed E-state index contributed by atoms with van der Waals surface area (Å²) in [6, 6.07) is 7.00. The minimum Gasteiger partial charge on any atom is -0.503 e. The molecule has 0 saturated heterocycles. The maximum atomic E-state index is 9.73. The molecule has 0 radical (unpaired) electrons. The Hall–Kier alpha value is -2.19. The van der Waals surface area contributed by atoms with Gasteiger partial charge in [-0.25, -0.2) is 0 Å². The molecule has 6 nitrogen and oxygen atoms in total. The van der Waals surface area contributed by atoms with Gasteiger partial charge in [0, 0.05) is 6.20 Å². The molecule has 0 aliphatic rings. The second-order valence-electron chi connectivity index (χ2n) is 4.12. The lowest BCUT2D eigenvalue weighted by atomic mass is 10.2. The van der Waals surface area contributed by atoms with Crippen molar-refractivity contribution in [2.45, 2.75) is 0 Å². The summed E-state index contributed by atoms with van der Waals surface area (Å²) in [5, 5.41) is 17.0. The number of aromatic hydroxyl groups is 1. The van der Waals surface area contributed by atoms with Crippen LogP contribution < -0.4 is 15.5 Å². The number of thiocarbonyl (C=S) groups is 1. The largest absolute Gasteiger partial charge is 0.503 e. The third kappa shape index (κ3) is 4.40. The average molecular weight is 381 g/mol. The van der Waals surface area contributed by atoms with Crippen LogP contribution in [-0.2, 0) is 0 Å². The number of methoxy groups -OCH3 is 1. The molecule has 114 valence electrons. The lowest BCUT2D eigenvalue weighted by molar-refractivity contribution is 0.372. The van der Waals surface area contributed by atoms with Gasteiger partial charge in [0.2, 0.25) is 0 Å². The summed E-state index contributed by atoms with van der Waals surface area (Å²) in [5.74, 6) is 0.397. The van der Waals surface area contributed by atoms with E-state index >= 15 is 0 Å². The number of phenolic OH excluding ortho intramolecular Hbond substituents is 1. The molecular weight excluding hydrogens is 368 g/mol. The number of nitrogens with zero attached hydrogens (tertiary/aromatic N) is 2. The minimum absolute atomic E-state index is 0.0429. The Labute approximate surface area is 141 Å². The molecule has 0 bridgehead atoms. The fraction of sp³-hybridized carbons (Fsp3) is 0.0714. The van der Waals surface area contributed by atoms with Crippen LogP contribution in [0.4, 0.5) is 5.69 Å². The highest BCUT2D eigenvalue weighted by Crippen LogP contribution is 2.34. The predicted molar refractivity (Wildman–Crippen MR) is 93.5 cm³/mol. The maximum absolute atomic E-state index is 9.73. The van der Waals surface area contributed by atoms with Gasteiger partial charge in [-0.2, -0.15) is 5.10 Å². The van der Waals surface area contributed by atoms with Gasteiger partial charge in [0.05, 0.1) is 29.7 Å². The first kappa shape index (κ1) is 16.2. The van der Waals surface area contributed by atoms with Crippen molar-refractivity contribution in [1.29, 1.82) is 0 Å². The van der Waals surface area contributed by atoms with E-state index in [2.05, 4.69) is 36.8 Å². The van der Waals surface area contributed by atoms with Crippen molar-refractivity contribution < 1.29 is 9.84 Å². The standard InChI is InChI=1S/C14H13BrN4O2S/c1-21-12-6-9(5-11(15)13(12)20)7-17-19-14(22)18-10-3-2-4-16-8-10/h2-8,20H,1H3,(H2,18,19,22)/b17-7+. The zero-order valence-corrected chi connectivity index (χ0v) is 14.0. The van der Waals surface area contributed by atoms with Gasteiger partial charge in [-0.3, -0.25) is 10.4 Å². The molecule has 0 amide bonds. The monoisotopic (exact) mass is 380 g/mol. The lowest BCUT2D eigenvalue weighted by Crippen LogP contribution is -2.23. The molecule has 22 heavy (non-hydrogen) atoms. The minimum atomic E-state index is 0.0429. The number of ether oxygens (including phenoxy) is 1. The first-order valence-corrected chi connectivity index (χ1v) is 7.37. The molecule has 0 aliphatic heterocycles. The van der Waals surface area contributed by atoms with Crippen molar-refractivity contribution in [3.8, 4) is 11.5 Å². The van der Waals surface area contributed by atoms with E-state index in [1.807, 2.05) is 6.07 Å². The molecule has 3 N–H and O–H groups in total. The molecule has 0 atom stereocenters. The van der Waals surface area contributed by atoms with E-state index in [9.17, 15) is 5.11 Å². The number of halogens is 1. The van der Waals surface area contributed by atoms with Crippen LogP contribution in [0.3, 0.4) is 0 Å². The SMILES string of the molecule is COc1cc(/C=N/NC(=S)Nc2cccnc2)cc(Br)c1O. The van der Waals surface area contributed by atoms with E-state index in [1.54, 1.807) is 36.8 Å². The van der Waals surface area contributed by atoms with E-state index < -0.39 is 0 Å². The van der Waals surface area contributed by atoms with Crippen molar-refractivity contribution >= 4 is 45.2 Å². The Bertz CT molecular complexity index is 695. The van der Waals surface area contributed by atoms with Crippen LogP contribution in [0.5, 0.6) is 11.5 Å². The molecule has 0 aliphatic carbocycles. The number of pyridine rings is 1. The summed E-state index contributed by atoms with van der Waals surface area (Å²) in [7, 11) is 1.48. The summed E-state index contributed by atoms with van der Waals surface area (Å²) in [5.41, 5.74) is 4.20. The quantitative estimate of drug-likeness (QED) is 0.430. The molecule has 1 aromatic carbocycles. The highest BCUT2D eigenvalue weighted by Gasteiger charge is 2.07. The van der Waals surface area contributed by atoms with Gasteiger partial charge in [0.15, 0.2) is 16.6 Å². The van der Waals surface area contributed by atoms with Crippen LogP contribution >= 0.6 is 28.1 Å². The Balaban J connectivity index is 1.98. The zero-order chi connectivity index (χ0) is 15.9. The fourth-order valence-corrected chi connectivity index (χ4v) is 2.22. The molecule has 0 unspecified atom stereocenters. The first-order valence-electron chi connectivity index (χ1n) is 6.16. The number of phenols is 1. The summed E-state index contributed by atoms with van der Waals surface area (Å²) < 4.78 is 5.58. The third-order valence-electron chi connectivity index (χ3n) is 2.57. The molecule has 1 heterocycles. The van der Waals surface area contributed by atoms with Gasteiger partial charge >= 0.3 is 0 Å². The maximum Gasteiger partial charge on any atom is 0.191 e. The van der Waals surface area contributed by atoms with Crippen molar-refractivity contribution in [3.63, 3.8) is 0 Å². The van der Waals surface area contributed by atoms with E-state index in [0.717, 1.165) is 11.3 Å². The van der Waals surface area contributed by atoms with Crippen LogP contribution in [-0.4, -0.2) is 28.5 Å². The molecule has 0 saturated carbocycles. The van der Waals surface area contributed by atoms with E-state index in [4.69, 9.17) is 17.0 Å². The molecule has 8 heteroatoms. The van der Waals surface area contributed by atoms with Gasteiger partial charge in [0.1, 0.15) is 0 Å². The fourth-order valence-electron chi connectivity index (χ4n) is 1.59. The van der Waals surface area contributed by atoms with Gasteiger partial charge in [-0.05, 0) is 58.0 Å². The highest BCUT2D eigenvalue weighted by molar-refractivity contribution is 9.10. The van der Waals surface area contributed by atoms with E-state index in [-0.39, 0.29) is 5.75 Å². The van der Waals surface area contributed by atoms with Crippen molar-refractivity contribution in [2.75, 3.05) is 12.4 Å². The van der Waals surface area contributed by atoms with Crippen molar-refractivity contribution in [2.24, 2.45) is 5.10 Å². The zero-order valence-electron chi connectivity index (χ0n) is 11.6. The van der Waals surface area contributed by atoms with Crippen LogP contribution in [0, 0.1) is 0 Å². The smallest absolute Gasteiger partial charge is 0.191 e. The third-order valence-corrected chi connectivity index (χ3v) is 3.37. The molecule has 2 rings (SSSR count). The van der Waals surface area contributed by atoms with E-state index in [0.29, 0.717) is 15.3 Å². The Morgan fingerprint density at radius 3 is 3.00 bits per heavy atom. The average Bonchev–Trinajstić information content (AvgIpc) is 2.51. The summed E-state index contributed by atoms with van der Waals surface area (Å²) >= 11 is 8.35. The molecule has 0 fully saturated rings. The van der Waals surface area contributed by atoms with Crippen LogP contribution in [0.1, 0.15) is 5.56 Å². The summed E-state index contributed by atoms with van der Waals surface area (Å²) in [6.45, 7) is 0. The second-order valence-corrected chi connectivity index (χ2v) is 5.38. The number of aromatic nitrogens is 1. The van der Waals surface area contributed by atoms with E-state index in [1.165, 1.54) is 7.11 Å². The van der Waals surface area contributed by atoms with Crippen molar-refractivity contribution in [1.82, 2.24) is 10.4 Å².